The van der Waals surface area contributed by atoms with E-state index in [9.17, 15) is 35.7 Å². The number of hydrogen-bond donors (Lipinski definition) is 7. The molecule has 7 N–H and O–H groups in total. The average molecular weight is 934 g/mol. The molecular weight excluding hydrogens is 863 g/mol. The summed E-state index contributed by atoms with van der Waals surface area (Å²) < 4.78 is 6.52. The molecule has 0 aromatic heterocycles. The summed E-state index contributed by atoms with van der Waals surface area (Å²) in [6, 6.07) is 5.44. The Hall–Kier alpha value is -1.94. The third-order valence-corrected chi connectivity index (χ3v) is 23.5. The molecule has 65 heavy (non-hydrogen) atoms. The number of aliphatic hydroxyl groups is 6. The van der Waals surface area contributed by atoms with Crippen LogP contribution in [-0.2, 0) is 20.7 Å². The number of phenols is 1. The van der Waals surface area contributed by atoms with Gasteiger partial charge in [0.05, 0.1) is 35.2 Å². The maximum absolute atomic E-state index is 15.8. The van der Waals surface area contributed by atoms with Crippen molar-refractivity contribution in [2.24, 2.45) is 69.0 Å². The second-order valence-electron chi connectivity index (χ2n) is 23.3. The van der Waals surface area contributed by atoms with Crippen molar-refractivity contribution in [3.05, 3.63) is 47.6 Å². The number of benzene rings is 1. The lowest BCUT2D eigenvalue weighted by Crippen LogP contribution is -2.75. The van der Waals surface area contributed by atoms with Crippen LogP contribution in [-0.4, -0.2) is 114 Å². The van der Waals surface area contributed by atoms with Crippen LogP contribution in [0.3, 0.4) is 0 Å². The van der Waals surface area contributed by atoms with Crippen LogP contribution in [0.15, 0.2) is 42.0 Å². The maximum atomic E-state index is 15.8. The van der Waals surface area contributed by atoms with E-state index in [1.807, 2.05) is 11.0 Å². The number of phenolic OH excluding ortho intramolecular Hbond substituents is 1. The molecule has 1 aromatic carbocycles. The molecule has 13 rings (SSSR count). The molecule has 7 aliphatic carbocycles. The Morgan fingerprint density at radius 3 is 2.54 bits per heavy atom. The predicted octanol–water partition coefficient (Wildman–Crippen LogP) is 6.14. The van der Waals surface area contributed by atoms with Crippen molar-refractivity contribution in [1.29, 1.82) is 0 Å². The van der Waals surface area contributed by atoms with Crippen molar-refractivity contribution in [2.45, 2.75) is 146 Å². The topological polar surface area (TPSA) is 192 Å². The quantitative estimate of drug-likeness (QED) is 0.102. The summed E-state index contributed by atoms with van der Waals surface area (Å²) in [6.45, 7) is 6.28. The van der Waals surface area contributed by atoms with E-state index in [-0.39, 0.29) is 66.2 Å². The average Bonchev–Trinajstić information content (AvgIpc) is 3.96. The molecule has 5 aliphatic heterocycles. The van der Waals surface area contributed by atoms with Crippen LogP contribution < -0.4 is 4.90 Å². The SMILES string of the molecule is CC(C)[C@@H](C)[C@@H]1O[C@H]1[C@@]1(O)CC=C[C@@H]2C[C@H]3C4=CC(=O)[C@]5(CSSC[C@@H]6CCC[C@H](CO)[C@@]67CCN(C7=O)c6cc(O)cc(c6)CC[C@]26[C@@H]1CC[C@@]46O)[C@H]1CCC[C@@]35C[C@@](O)(CO)[C@@H]1O. The monoisotopic (exact) mass is 933 g/mol. The highest BCUT2D eigenvalue weighted by molar-refractivity contribution is 8.76. The normalized spacial score (nSPS) is 49.3. The fourth-order valence-electron chi connectivity index (χ4n) is 17.7. The lowest BCUT2D eigenvalue weighted by Gasteiger charge is -2.71. The summed E-state index contributed by atoms with van der Waals surface area (Å²) in [4.78, 5) is 32.8. The number of epoxide rings is 1. The van der Waals surface area contributed by atoms with Crippen LogP contribution in [0.5, 0.6) is 5.75 Å². The Kier molecular flexibility index (Phi) is 10.9. The number of fused-ring (bicyclic) bond motifs is 1. The number of aryl methyl sites for hydroxylation is 1. The lowest BCUT2D eigenvalue weighted by atomic mass is 9.33. The predicted molar refractivity (Wildman–Crippen MR) is 250 cm³/mol. The molecule has 3 spiro atoms. The summed E-state index contributed by atoms with van der Waals surface area (Å²) in [5, 5.41) is 85.4. The van der Waals surface area contributed by atoms with Crippen LogP contribution in [0.4, 0.5) is 5.69 Å². The lowest BCUT2D eigenvalue weighted by molar-refractivity contribution is -0.262. The smallest absolute Gasteiger partial charge is 0.233 e. The standard InChI is InChI=1S/C52H71NO10S2/c1-29(2)30(3)42-44(63-42)51(61)14-5-9-32-21-38-39-23-41(57)50(37-10-6-13-46(38,50)26-47(60,27-55)43(37)58)28-65-64-25-34-8-4-7-33(24-54)48(34)17-18-53(45(48)59)35-19-31(20-36(56)22-35)11-15-49(32)40(51)12-16-52(39,49)62/h5,9,19-20,22-23,29-30,32-34,37-38,40,42-44,54-56,58,60-62H,4,6-8,10-18,21,24-28H2,1-3H3/t30-,32-,33-,34+,37+,38+,40+,42+,43-,44-,46-,47-,48+,49-,50+,51-,52-/m1/s1. The maximum Gasteiger partial charge on any atom is 0.233 e. The van der Waals surface area contributed by atoms with Crippen molar-refractivity contribution in [1.82, 2.24) is 0 Å². The van der Waals surface area contributed by atoms with Crippen LogP contribution >= 0.6 is 21.6 Å². The van der Waals surface area contributed by atoms with Gasteiger partial charge < -0.3 is 45.4 Å². The van der Waals surface area contributed by atoms with Crippen LogP contribution in [0, 0.1) is 69.0 Å². The van der Waals surface area contributed by atoms with Gasteiger partial charge in [0.25, 0.3) is 0 Å². The molecule has 2 saturated heterocycles. The number of hydrogen-bond acceptors (Lipinski definition) is 12. The summed E-state index contributed by atoms with van der Waals surface area (Å²) in [5.41, 5.74) is -6.23. The first-order chi connectivity index (χ1) is 31.0. The number of ketones is 1. The molecule has 5 saturated carbocycles. The summed E-state index contributed by atoms with van der Waals surface area (Å²) >= 11 is 0. The van der Waals surface area contributed by atoms with Crippen molar-refractivity contribution in [3.8, 4) is 5.75 Å². The number of amides is 1. The van der Waals surface area contributed by atoms with E-state index in [0.717, 1.165) is 31.2 Å². The molecular formula is C52H71NO10S2. The Balaban J connectivity index is 1.11. The molecule has 11 nitrogen and oxygen atoms in total. The number of anilines is 1. The van der Waals surface area contributed by atoms with Crippen molar-refractivity contribution in [2.75, 3.05) is 36.2 Å². The first-order valence-corrected chi connectivity index (χ1v) is 27.5. The van der Waals surface area contributed by atoms with Crippen LogP contribution in [0.25, 0.3) is 0 Å². The minimum Gasteiger partial charge on any atom is -0.508 e. The third-order valence-electron chi connectivity index (χ3n) is 21.0. The number of aliphatic hydroxyl groups excluding tert-OH is 3. The fraction of sp³-hybridized carbons (Fsp3) is 0.769. The molecule has 1 amide bonds. The van der Waals surface area contributed by atoms with E-state index >= 15 is 9.59 Å². The van der Waals surface area contributed by atoms with E-state index in [1.165, 1.54) is 0 Å². The Bertz CT molecular complexity index is 2190. The van der Waals surface area contributed by atoms with Crippen molar-refractivity contribution >= 4 is 39.0 Å². The molecule has 17 atom stereocenters. The van der Waals surface area contributed by atoms with Gasteiger partial charge in [-0.25, -0.2) is 0 Å². The van der Waals surface area contributed by atoms with E-state index in [2.05, 4.69) is 32.9 Å². The molecule has 5 heterocycles. The molecule has 1 aromatic rings. The molecule has 0 radical (unpaired) electrons. The second kappa shape index (κ2) is 15.5. The van der Waals surface area contributed by atoms with Gasteiger partial charge in [-0.3, -0.25) is 9.59 Å². The molecule has 356 valence electrons. The number of ether oxygens (including phenoxy) is 1. The first kappa shape index (κ1) is 45.5. The van der Waals surface area contributed by atoms with Crippen molar-refractivity contribution < 1.29 is 50.1 Å². The minimum atomic E-state index is -1.83. The summed E-state index contributed by atoms with van der Waals surface area (Å²) in [6.07, 6.45) is 11.9. The molecule has 7 fully saturated rings. The highest BCUT2D eigenvalue weighted by atomic mass is 33.1. The van der Waals surface area contributed by atoms with E-state index < -0.39 is 69.1 Å². The van der Waals surface area contributed by atoms with Gasteiger partial charge in [-0.15, -0.1) is 0 Å². The second-order valence-corrected chi connectivity index (χ2v) is 25.8. The number of aromatic hydroxyl groups is 1. The van der Waals surface area contributed by atoms with Gasteiger partial charge in [0.15, 0.2) is 5.78 Å². The number of carbonyl (C=O) groups excluding carboxylic acids is 2. The van der Waals surface area contributed by atoms with E-state index in [4.69, 9.17) is 4.74 Å². The number of carbonyl (C=O) groups is 2. The van der Waals surface area contributed by atoms with Gasteiger partial charge in [0.2, 0.25) is 5.91 Å². The van der Waals surface area contributed by atoms with Gasteiger partial charge >= 0.3 is 0 Å². The van der Waals surface area contributed by atoms with Crippen molar-refractivity contribution in [3.63, 3.8) is 0 Å². The highest BCUT2D eigenvalue weighted by Gasteiger charge is 2.80. The molecule has 10 bridgehead atoms. The molecule has 0 unspecified atom stereocenters. The van der Waals surface area contributed by atoms with Gasteiger partial charge in [-0.05, 0) is 147 Å². The Labute approximate surface area is 391 Å². The van der Waals surface area contributed by atoms with Gasteiger partial charge in [0, 0.05) is 53.7 Å². The van der Waals surface area contributed by atoms with Crippen LogP contribution in [0.2, 0.25) is 0 Å². The van der Waals surface area contributed by atoms with E-state index in [0.29, 0.717) is 93.0 Å². The highest BCUT2D eigenvalue weighted by Crippen LogP contribution is 2.78. The van der Waals surface area contributed by atoms with Crippen LogP contribution in [0.1, 0.15) is 110 Å². The first-order valence-electron chi connectivity index (χ1n) is 25.1. The zero-order valence-corrected chi connectivity index (χ0v) is 40.0. The molecule has 12 aliphatic rings. The Morgan fingerprint density at radius 2 is 1.77 bits per heavy atom. The fourth-order valence-corrected chi connectivity index (χ4v) is 20.9. The Morgan fingerprint density at radius 1 is 0.954 bits per heavy atom. The number of rotatable bonds is 5. The number of nitrogens with zero attached hydrogens (tertiary/aromatic N) is 1. The largest absolute Gasteiger partial charge is 0.508 e. The molecule has 13 heteroatoms. The zero-order valence-electron chi connectivity index (χ0n) is 38.4. The summed E-state index contributed by atoms with van der Waals surface area (Å²) in [5.74, 6) is -0.332. The zero-order chi connectivity index (χ0) is 45.7. The van der Waals surface area contributed by atoms with Gasteiger partial charge in [-0.2, -0.15) is 0 Å². The van der Waals surface area contributed by atoms with Gasteiger partial charge in [0.1, 0.15) is 23.1 Å². The third kappa shape index (κ3) is 5.88. The van der Waals surface area contributed by atoms with E-state index in [1.54, 1.807) is 39.8 Å². The summed E-state index contributed by atoms with van der Waals surface area (Å²) in [7, 11) is 3.29. The minimum absolute atomic E-state index is 0.00914. The number of allylic oxidation sites excluding steroid dienone is 2. The van der Waals surface area contributed by atoms with Gasteiger partial charge in [-0.1, -0.05) is 67.4 Å².